The molecule has 1 spiro atoms. The van der Waals surface area contributed by atoms with Gasteiger partial charge in [0.1, 0.15) is 0 Å². The summed E-state index contributed by atoms with van der Waals surface area (Å²) in [4.78, 5) is 27.4. The topological polar surface area (TPSA) is 46.6 Å². The zero-order chi connectivity index (χ0) is 16.5. The van der Waals surface area contributed by atoms with Crippen molar-refractivity contribution in [1.82, 2.24) is 4.90 Å². The lowest BCUT2D eigenvalue weighted by Crippen LogP contribution is -2.60. The van der Waals surface area contributed by atoms with E-state index in [0.717, 1.165) is 25.7 Å². The molecule has 1 aromatic rings. The molecule has 0 bridgehead atoms. The van der Waals surface area contributed by atoms with E-state index in [4.69, 9.17) is 4.74 Å². The van der Waals surface area contributed by atoms with Gasteiger partial charge in [0.15, 0.2) is 5.54 Å². The van der Waals surface area contributed by atoms with Crippen LogP contribution in [0.15, 0.2) is 42.5 Å². The predicted molar refractivity (Wildman–Crippen MR) is 88.0 cm³/mol. The summed E-state index contributed by atoms with van der Waals surface area (Å²) >= 11 is 0. The number of esters is 1. The van der Waals surface area contributed by atoms with Gasteiger partial charge in [-0.05, 0) is 38.0 Å². The Kier molecular flexibility index (Phi) is 4.00. The summed E-state index contributed by atoms with van der Waals surface area (Å²) in [6.07, 6.45) is 9.02. The number of benzene rings is 1. The van der Waals surface area contributed by atoms with Gasteiger partial charge in [0, 0.05) is 5.56 Å². The van der Waals surface area contributed by atoms with Crippen LogP contribution >= 0.6 is 0 Å². The van der Waals surface area contributed by atoms with Gasteiger partial charge < -0.3 is 9.64 Å². The Bertz CT molecular complexity index is 631. The van der Waals surface area contributed by atoms with E-state index >= 15 is 0 Å². The van der Waals surface area contributed by atoms with Crippen LogP contribution in [0, 0.1) is 0 Å². The maximum Gasteiger partial charge on any atom is 0.335 e. The van der Waals surface area contributed by atoms with Crippen molar-refractivity contribution in [1.29, 1.82) is 0 Å². The van der Waals surface area contributed by atoms with E-state index in [1.165, 1.54) is 13.5 Å². The van der Waals surface area contributed by atoms with Crippen molar-refractivity contribution >= 4 is 11.9 Å². The van der Waals surface area contributed by atoms with Crippen LogP contribution in [0.4, 0.5) is 0 Å². The van der Waals surface area contributed by atoms with Crippen molar-refractivity contribution in [2.45, 2.75) is 50.1 Å². The molecule has 4 heteroatoms. The Morgan fingerprint density at radius 3 is 2.30 bits per heavy atom. The van der Waals surface area contributed by atoms with Gasteiger partial charge in [-0.3, -0.25) is 4.79 Å². The highest BCUT2D eigenvalue weighted by Gasteiger charge is 2.55. The molecule has 1 unspecified atom stereocenters. The van der Waals surface area contributed by atoms with Crippen molar-refractivity contribution in [2.75, 3.05) is 7.11 Å². The van der Waals surface area contributed by atoms with Gasteiger partial charge in [-0.1, -0.05) is 43.5 Å². The molecule has 1 aromatic carbocycles. The Labute approximate surface area is 137 Å². The van der Waals surface area contributed by atoms with Crippen LogP contribution < -0.4 is 0 Å². The molecule has 1 heterocycles. The second-order valence-corrected chi connectivity index (χ2v) is 6.64. The van der Waals surface area contributed by atoms with E-state index in [1.807, 2.05) is 24.3 Å². The Balaban J connectivity index is 2.05. The molecule has 0 aromatic heterocycles. The quantitative estimate of drug-likeness (QED) is 0.621. The summed E-state index contributed by atoms with van der Waals surface area (Å²) in [5.41, 5.74) is -0.802. The maximum atomic E-state index is 13.2. The third kappa shape index (κ3) is 2.46. The average molecular weight is 313 g/mol. The van der Waals surface area contributed by atoms with Crippen molar-refractivity contribution in [3.63, 3.8) is 0 Å². The molecule has 1 saturated carbocycles. The lowest BCUT2D eigenvalue weighted by Gasteiger charge is -2.46. The SMILES string of the molecule is COC(=O)C1(C)C=CC2(CCCCC2)N1C(=O)c1ccccc1. The van der Waals surface area contributed by atoms with E-state index in [2.05, 4.69) is 6.08 Å². The van der Waals surface area contributed by atoms with E-state index in [9.17, 15) is 9.59 Å². The fourth-order valence-electron chi connectivity index (χ4n) is 3.97. The molecule has 0 N–H and O–H groups in total. The van der Waals surface area contributed by atoms with Gasteiger partial charge in [0.05, 0.1) is 12.6 Å². The standard InChI is InChI=1S/C19H23NO3/c1-18(17(22)23-2)13-14-19(11-7-4-8-12-19)20(18)16(21)15-9-5-3-6-10-15/h3,5-6,9-10,13-14H,4,7-8,11-12H2,1-2H3. The normalized spacial score (nSPS) is 25.6. The van der Waals surface area contributed by atoms with Gasteiger partial charge in [-0.15, -0.1) is 0 Å². The van der Waals surface area contributed by atoms with Gasteiger partial charge in [0.25, 0.3) is 5.91 Å². The summed E-state index contributed by atoms with van der Waals surface area (Å²) in [6.45, 7) is 1.78. The molecular formula is C19H23NO3. The summed E-state index contributed by atoms with van der Waals surface area (Å²) in [5, 5.41) is 0. The molecule has 1 aliphatic carbocycles. The first-order valence-electron chi connectivity index (χ1n) is 8.22. The molecule has 1 atom stereocenters. The fraction of sp³-hybridized carbons (Fsp3) is 0.474. The van der Waals surface area contributed by atoms with E-state index in [0.29, 0.717) is 5.56 Å². The second kappa shape index (κ2) is 5.84. The summed E-state index contributed by atoms with van der Waals surface area (Å²) in [7, 11) is 1.37. The van der Waals surface area contributed by atoms with E-state index in [1.54, 1.807) is 24.0 Å². The van der Waals surface area contributed by atoms with Gasteiger partial charge in [-0.2, -0.15) is 0 Å². The summed E-state index contributed by atoms with van der Waals surface area (Å²) in [5.74, 6) is -0.495. The Hall–Kier alpha value is -2.10. The number of hydrogen-bond donors (Lipinski definition) is 0. The minimum atomic E-state index is -1.04. The van der Waals surface area contributed by atoms with Crippen LogP contribution in [0.2, 0.25) is 0 Å². The third-order valence-electron chi connectivity index (χ3n) is 5.17. The number of ether oxygens (including phenoxy) is 1. The van der Waals surface area contributed by atoms with Gasteiger partial charge in [-0.25, -0.2) is 4.79 Å². The molecule has 0 saturated heterocycles. The molecule has 1 amide bonds. The molecule has 4 nitrogen and oxygen atoms in total. The minimum Gasteiger partial charge on any atom is -0.467 e. The average Bonchev–Trinajstić information content (AvgIpc) is 2.88. The third-order valence-corrected chi connectivity index (χ3v) is 5.17. The number of carbonyl (C=O) groups is 2. The number of hydrogen-bond acceptors (Lipinski definition) is 3. The molecular weight excluding hydrogens is 290 g/mol. The van der Waals surface area contributed by atoms with Crippen molar-refractivity contribution < 1.29 is 14.3 Å². The second-order valence-electron chi connectivity index (χ2n) is 6.64. The van der Waals surface area contributed by atoms with E-state index < -0.39 is 5.54 Å². The van der Waals surface area contributed by atoms with Crippen molar-refractivity contribution in [3.8, 4) is 0 Å². The number of rotatable bonds is 2. The van der Waals surface area contributed by atoms with Crippen molar-refractivity contribution in [2.24, 2.45) is 0 Å². The highest BCUT2D eigenvalue weighted by Crippen LogP contribution is 2.45. The lowest BCUT2D eigenvalue weighted by molar-refractivity contribution is -0.151. The molecule has 122 valence electrons. The zero-order valence-corrected chi connectivity index (χ0v) is 13.7. The predicted octanol–water partition coefficient (Wildman–Crippen LogP) is 3.33. The van der Waals surface area contributed by atoms with Crippen LogP contribution in [0.3, 0.4) is 0 Å². The number of methoxy groups -OCH3 is 1. The largest absolute Gasteiger partial charge is 0.467 e. The molecule has 3 rings (SSSR count). The number of amides is 1. The van der Waals surface area contributed by atoms with Crippen LogP contribution in [0.25, 0.3) is 0 Å². The number of carbonyl (C=O) groups excluding carboxylic acids is 2. The first-order chi connectivity index (χ1) is 11.0. The fourth-order valence-corrected chi connectivity index (χ4v) is 3.97. The first-order valence-corrected chi connectivity index (χ1v) is 8.22. The minimum absolute atomic E-state index is 0.106. The molecule has 2 aliphatic rings. The first kappa shape index (κ1) is 15.8. The molecule has 1 fully saturated rings. The van der Waals surface area contributed by atoms with Crippen molar-refractivity contribution in [3.05, 3.63) is 48.0 Å². The smallest absolute Gasteiger partial charge is 0.335 e. The van der Waals surface area contributed by atoms with Gasteiger partial charge >= 0.3 is 5.97 Å². The van der Waals surface area contributed by atoms with Crippen LogP contribution in [-0.2, 0) is 9.53 Å². The summed E-state index contributed by atoms with van der Waals surface area (Å²) in [6, 6.07) is 9.18. The Morgan fingerprint density at radius 1 is 1.04 bits per heavy atom. The highest BCUT2D eigenvalue weighted by molar-refractivity contribution is 6.00. The summed E-state index contributed by atoms with van der Waals surface area (Å²) < 4.78 is 5.00. The zero-order valence-electron chi connectivity index (χ0n) is 13.7. The Morgan fingerprint density at radius 2 is 1.70 bits per heavy atom. The maximum absolute atomic E-state index is 13.2. The van der Waals surface area contributed by atoms with Crippen LogP contribution in [0.1, 0.15) is 49.4 Å². The molecule has 0 radical (unpaired) electrons. The van der Waals surface area contributed by atoms with Crippen LogP contribution in [0.5, 0.6) is 0 Å². The molecule has 1 aliphatic heterocycles. The highest BCUT2D eigenvalue weighted by atomic mass is 16.5. The van der Waals surface area contributed by atoms with E-state index in [-0.39, 0.29) is 17.4 Å². The van der Waals surface area contributed by atoms with Crippen LogP contribution in [-0.4, -0.2) is 35.0 Å². The van der Waals surface area contributed by atoms with Gasteiger partial charge in [0.2, 0.25) is 0 Å². The lowest BCUT2D eigenvalue weighted by atomic mass is 9.80. The molecule has 23 heavy (non-hydrogen) atoms. The number of nitrogens with zero attached hydrogens (tertiary/aromatic N) is 1. The monoisotopic (exact) mass is 313 g/mol.